The number of halogens is 1. The van der Waals surface area contributed by atoms with Crippen LogP contribution in [0.25, 0.3) is 0 Å². The van der Waals surface area contributed by atoms with Gasteiger partial charge in [0.15, 0.2) is 0 Å². The number of benzene rings is 2. The summed E-state index contributed by atoms with van der Waals surface area (Å²) in [6.07, 6.45) is 0. The third-order valence-corrected chi connectivity index (χ3v) is 3.96. The minimum atomic E-state index is -0.570. The molecule has 0 aliphatic carbocycles. The van der Waals surface area contributed by atoms with E-state index in [2.05, 4.69) is 0 Å². The summed E-state index contributed by atoms with van der Waals surface area (Å²) in [5.41, 5.74) is 7.83. The Labute approximate surface area is 141 Å². The van der Waals surface area contributed by atoms with E-state index < -0.39 is 6.04 Å². The molecule has 2 aromatic rings. The highest BCUT2D eigenvalue weighted by Gasteiger charge is 2.18. The second kappa shape index (κ2) is 7.61. The first-order valence-electron chi connectivity index (χ1n) is 7.84. The molecule has 5 nitrogen and oxygen atoms in total. The van der Waals surface area contributed by atoms with E-state index in [9.17, 15) is 14.6 Å². The lowest BCUT2D eigenvalue weighted by atomic mass is 9.96. The zero-order chi connectivity index (χ0) is 17.9. The quantitative estimate of drug-likeness (QED) is 0.481. The van der Waals surface area contributed by atoms with Gasteiger partial charge in [-0.2, -0.15) is 0 Å². The van der Waals surface area contributed by atoms with Crippen LogP contribution >= 0.6 is 0 Å². The van der Waals surface area contributed by atoms with Crippen LogP contribution in [-0.2, 0) is 6.54 Å². The van der Waals surface area contributed by atoms with E-state index in [0.29, 0.717) is 16.7 Å². The summed E-state index contributed by atoms with van der Waals surface area (Å²) in [5, 5.41) is 21.4. The lowest BCUT2D eigenvalue weighted by Crippen LogP contribution is -2.37. The van der Waals surface area contributed by atoms with Crippen LogP contribution in [0.2, 0.25) is 0 Å². The Morgan fingerprint density at radius 3 is 2.33 bits per heavy atom. The molecular weight excluding hydrogens is 309 g/mol. The number of phenolic OH excluding ortho intramolecular Hbond substituents is 2. The highest BCUT2D eigenvalue weighted by Crippen LogP contribution is 2.34. The van der Waals surface area contributed by atoms with Crippen LogP contribution in [0.5, 0.6) is 11.5 Å². The predicted molar refractivity (Wildman–Crippen MR) is 91.8 cm³/mol. The molecule has 1 unspecified atom stereocenters. The maximum atomic E-state index is 13.7. The standard InChI is InChI=1S/C18H24FN3O2/c1-11(2)13-7-14(18(24)8-17(13)23)16(20)10-22(21)9-12-5-3-4-6-15(12)19/h3-8,11,16,23-24H,9-10,20-21H2,1-2H3. The van der Waals surface area contributed by atoms with Crippen LogP contribution in [0, 0.1) is 5.82 Å². The molecule has 0 aromatic heterocycles. The molecule has 0 spiro atoms. The molecule has 0 heterocycles. The second-order valence-electron chi connectivity index (χ2n) is 6.25. The third kappa shape index (κ3) is 4.23. The molecule has 0 saturated heterocycles. The van der Waals surface area contributed by atoms with Gasteiger partial charge >= 0.3 is 0 Å². The summed E-state index contributed by atoms with van der Waals surface area (Å²) in [6, 6.07) is 8.82. The molecule has 6 heteroatoms. The maximum Gasteiger partial charge on any atom is 0.127 e. The van der Waals surface area contributed by atoms with E-state index in [-0.39, 0.29) is 36.3 Å². The van der Waals surface area contributed by atoms with Crippen molar-refractivity contribution in [1.29, 1.82) is 0 Å². The normalized spacial score (nSPS) is 12.8. The molecule has 0 fully saturated rings. The summed E-state index contributed by atoms with van der Waals surface area (Å²) in [6.45, 7) is 4.31. The zero-order valence-corrected chi connectivity index (χ0v) is 13.9. The van der Waals surface area contributed by atoms with E-state index in [0.717, 1.165) is 0 Å². The molecule has 6 N–H and O–H groups in total. The van der Waals surface area contributed by atoms with Crippen LogP contribution < -0.4 is 11.6 Å². The summed E-state index contributed by atoms with van der Waals surface area (Å²) in [7, 11) is 0. The average Bonchev–Trinajstić information content (AvgIpc) is 2.49. The van der Waals surface area contributed by atoms with Crippen LogP contribution in [0.1, 0.15) is 42.5 Å². The van der Waals surface area contributed by atoms with E-state index >= 15 is 0 Å². The Balaban J connectivity index is 2.13. The Morgan fingerprint density at radius 2 is 1.71 bits per heavy atom. The number of nitrogens with zero attached hydrogens (tertiary/aromatic N) is 1. The minimum Gasteiger partial charge on any atom is -0.508 e. The lowest BCUT2D eigenvalue weighted by molar-refractivity contribution is 0.252. The van der Waals surface area contributed by atoms with Gasteiger partial charge in [0.05, 0.1) is 0 Å². The lowest BCUT2D eigenvalue weighted by Gasteiger charge is -2.23. The fourth-order valence-electron chi connectivity index (χ4n) is 2.63. The smallest absolute Gasteiger partial charge is 0.127 e. The van der Waals surface area contributed by atoms with Crippen molar-refractivity contribution in [2.24, 2.45) is 11.6 Å². The molecule has 0 saturated carbocycles. The highest BCUT2D eigenvalue weighted by molar-refractivity contribution is 5.47. The maximum absolute atomic E-state index is 13.7. The fourth-order valence-corrected chi connectivity index (χ4v) is 2.63. The number of nitrogens with two attached hydrogens (primary N) is 2. The van der Waals surface area contributed by atoms with Crippen LogP contribution in [0.3, 0.4) is 0 Å². The largest absolute Gasteiger partial charge is 0.508 e. The topological polar surface area (TPSA) is 95.7 Å². The van der Waals surface area contributed by atoms with Crippen molar-refractivity contribution in [3.05, 3.63) is 58.9 Å². The summed E-state index contributed by atoms with van der Waals surface area (Å²) < 4.78 is 13.7. The molecule has 0 radical (unpaired) electrons. The molecular formula is C18H24FN3O2. The van der Waals surface area contributed by atoms with Gasteiger partial charge in [-0.3, -0.25) is 5.84 Å². The SMILES string of the molecule is CC(C)c1cc(C(N)CN(N)Cc2ccccc2F)c(O)cc1O. The van der Waals surface area contributed by atoms with Crippen LogP contribution in [0.15, 0.2) is 36.4 Å². The van der Waals surface area contributed by atoms with Gasteiger partial charge in [-0.05, 0) is 23.6 Å². The molecule has 130 valence electrons. The average molecular weight is 333 g/mol. The van der Waals surface area contributed by atoms with Gasteiger partial charge in [-0.25, -0.2) is 9.40 Å². The van der Waals surface area contributed by atoms with Gasteiger partial charge in [0.2, 0.25) is 0 Å². The number of phenols is 2. The summed E-state index contributed by atoms with van der Waals surface area (Å²) >= 11 is 0. The van der Waals surface area contributed by atoms with Crippen molar-refractivity contribution in [2.45, 2.75) is 32.4 Å². The summed E-state index contributed by atoms with van der Waals surface area (Å²) in [4.78, 5) is 0. The molecule has 2 aromatic carbocycles. The second-order valence-corrected chi connectivity index (χ2v) is 6.25. The van der Waals surface area contributed by atoms with Crippen molar-refractivity contribution in [1.82, 2.24) is 5.01 Å². The van der Waals surface area contributed by atoms with Crippen LogP contribution in [-0.4, -0.2) is 21.8 Å². The van der Waals surface area contributed by atoms with E-state index in [1.165, 1.54) is 17.1 Å². The summed E-state index contributed by atoms with van der Waals surface area (Å²) in [5.74, 6) is 5.67. The number of hydrogen-bond acceptors (Lipinski definition) is 5. The van der Waals surface area contributed by atoms with Crippen molar-refractivity contribution >= 4 is 0 Å². The van der Waals surface area contributed by atoms with Gasteiger partial charge in [-0.1, -0.05) is 32.0 Å². The van der Waals surface area contributed by atoms with E-state index in [4.69, 9.17) is 11.6 Å². The molecule has 0 amide bonds. The predicted octanol–water partition coefficient (Wildman–Crippen LogP) is 2.74. The monoisotopic (exact) mass is 333 g/mol. The van der Waals surface area contributed by atoms with Crippen molar-refractivity contribution in [2.75, 3.05) is 6.54 Å². The first kappa shape index (κ1) is 18.2. The van der Waals surface area contributed by atoms with Gasteiger partial charge in [0, 0.05) is 36.3 Å². The first-order valence-corrected chi connectivity index (χ1v) is 7.84. The van der Waals surface area contributed by atoms with Crippen LogP contribution in [0.4, 0.5) is 4.39 Å². The molecule has 1 atom stereocenters. The van der Waals surface area contributed by atoms with E-state index in [1.54, 1.807) is 24.3 Å². The molecule has 0 aliphatic heterocycles. The number of aromatic hydroxyl groups is 2. The van der Waals surface area contributed by atoms with Crippen molar-refractivity contribution in [3.8, 4) is 11.5 Å². The molecule has 0 bridgehead atoms. The Hall–Kier alpha value is -2.15. The van der Waals surface area contributed by atoms with Gasteiger partial charge in [0.25, 0.3) is 0 Å². The van der Waals surface area contributed by atoms with Crippen molar-refractivity contribution < 1.29 is 14.6 Å². The highest BCUT2D eigenvalue weighted by atomic mass is 19.1. The van der Waals surface area contributed by atoms with Gasteiger partial charge in [-0.15, -0.1) is 0 Å². The Bertz CT molecular complexity index is 707. The Kier molecular flexibility index (Phi) is 5.77. The third-order valence-electron chi connectivity index (χ3n) is 3.96. The number of hydrogen-bond donors (Lipinski definition) is 4. The fraction of sp³-hybridized carbons (Fsp3) is 0.333. The number of rotatable bonds is 6. The first-order chi connectivity index (χ1) is 11.3. The zero-order valence-electron chi connectivity index (χ0n) is 13.9. The Morgan fingerprint density at radius 1 is 1.08 bits per heavy atom. The van der Waals surface area contributed by atoms with Gasteiger partial charge < -0.3 is 15.9 Å². The van der Waals surface area contributed by atoms with Gasteiger partial charge in [0.1, 0.15) is 17.3 Å². The van der Waals surface area contributed by atoms with E-state index in [1.807, 2.05) is 13.8 Å². The molecule has 0 aliphatic rings. The number of hydrazine groups is 1. The molecule has 2 rings (SSSR count). The molecule has 24 heavy (non-hydrogen) atoms. The minimum absolute atomic E-state index is 0.0365. The van der Waals surface area contributed by atoms with Crippen molar-refractivity contribution in [3.63, 3.8) is 0 Å².